The molecule has 1 fully saturated rings. The van der Waals surface area contributed by atoms with E-state index in [0.717, 1.165) is 19.5 Å². The van der Waals surface area contributed by atoms with E-state index in [9.17, 15) is 14.9 Å². The molecule has 0 aromatic heterocycles. The lowest BCUT2D eigenvalue weighted by molar-refractivity contribution is -0.385. The van der Waals surface area contributed by atoms with E-state index in [1.54, 1.807) is 24.1 Å². The second kappa shape index (κ2) is 7.61. The van der Waals surface area contributed by atoms with Gasteiger partial charge in [-0.2, -0.15) is 0 Å². The lowest BCUT2D eigenvalue weighted by atomic mass is 9.93. The minimum atomic E-state index is -0.406. The number of rotatable bonds is 4. The SMILES string of the molecule is CCc1ccc(NC(=O)N(C)C2CCN(C)CC2C)cc1[N+](=O)[O-]. The highest BCUT2D eigenvalue weighted by Crippen LogP contribution is 2.25. The fraction of sp³-hybridized carbons (Fsp3) is 0.588. The Kier molecular flexibility index (Phi) is 5.77. The molecule has 132 valence electrons. The van der Waals surface area contributed by atoms with Gasteiger partial charge in [-0.25, -0.2) is 4.79 Å². The molecule has 2 amide bonds. The van der Waals surface area contributed by atoms with E-state index in [4.69, 9.17) is 0 Å². The second-order valence-corrected chi connectivity index (χ2v) is 6.59. The number of urea groups is 1. The number of nitro benzene ring substituents is 1. The van der Waals surface area contributed by atoms with Gasteiger partial charge >= 0.3 is 6.03 Å². The number of nitrogens with zero attached hydrogens (tertiary/aromatic N) is 3. The summed E-state index contributed by atoms with van der Waals surface area (Å²) in [5.41, 5.74) is 1.16. The van der Waals surface area contributed by atoms with Gasteiger partial charge < -0.3 is 15.1 Å². The van der Waals surface area contributed by atoms with Gasteiger partial charge in [0.15, 0.2) is 0 Å². The fourth-order valence-electron chi connectivity index (χ4n) is 3.39. The van der Waals surface area contributed by atoms with Crippen LogP contribution in [0.5, 0.6) is 0 Å². The first-order valence-electron chi connectivity index (χ1n) is 8.33. The summed E-state index contributed by atoms with van der Waals surface area (Å²) >= 11 is 0. The monoisotopic (exact) mass is 334 g/mol. The van der Waals surface area contributed by atoms with Crippen molar-refractivity contribution < 1.29 is 9.72 Å². The van der Waals surface area contributed by atoms with Crippen molar-refractivity contribution in [3.05, 3.63) is 33.9 Å². The number of hydrogen-bond donors (Lipinski definition) is 1. The van der Waals surface area contributed by atoms with Gasteiger partial charge in [-0.15, -0.1) is 0 Å². The van der Waals surface area contributed by atoms with Crippen LogP contribution in [0.15, 0.2) is 18.2 Å². The number of carbonyl (C=O) groups excluding carboxylic acids is 1. The van der Waals surface area contributed by atoms with Gasteiger partial charge in [0.05, 0.1) is 4.92 Å². The fourth-order valence-corrected chi connectivity index (χ4v) is 3.39. The third kappa shape index (κ3) is 4.03. The minimum Gasteiger partial charge on any atom is -0.324 e. The van der Waals surface area contributed by atoms with Crippen molar-refractivity contribution in [2.75, 3.05) is 32.5 Å². The maximum absolute atomic E-state index is 12.5. The first kappa shape index (κ1) is 18.2. The molecule has 0 aliphatic carbocycles. The molecule has 0 bridgehead atoms. The summed E-state index contributed by atoms with van der Waals surface area (Å²) in [7, 11) is 3.87. The molecule has 24 heavy (non-hydrogen) atoms. The number of benzene rings is 1. The molecule has 0 spiro atoms. The zero-order valence-corrected chi connectivity index (χ0v) is 14.8. The van der Waals surface area contributed by atoms with Crippen LogP contribution in [0, 0.1) is 16.0 Å². The molecule has 7 nitrogen and oxygen atoms in total. The molecule has 0 radical (unpaired) electrons. The number of amides is 2. The summed E-state index contributed by atoms with van der Waals surface area (Å²) in [6.45, 7) is 5.93. The lowest BCUT2D eigenvalue weighted by Crippen LogP contribution is -2.50. The van der Waals surface area contributed by atoms with Gasteiger partial charge in [-0.05, 0) is 38.4 Å². The van der Waals surface area contributed by atoms with Crippen LogP contribution in [-0.4, -0.2) is 54.0 Å². The Labute approximate surface area is 142 Å². The molecule has 1 N–H and O–H groups in total. The van der Waals surface area contributed by atoms with Crippen molar-refractivity contribution in [1.29, 1.82) is 0 Å². The van der Waals surface area contributed by atoms with E-state index in [0.29, 0.717) is 23.6 Å². The van der Waals surface area contributed by atoms with Crippen LogP contribution in [0.3, 0.4) is 0 Å². The van der Waals surface area contributed by atoms with Crippen molar-refractivity contribution in [3.63, 3.8) is 0 Å². The van der Waals surface area contributed by atoms with Gasteiger partial charge in [0.2, 0.25) is 0 Å². The average Bonchev–Trinajstić information content (AvgIpc) is 2.54. The van der Waals surface area contributed by atoms with Crippen molar-refractivity contribution >= 4 is 17.4 Å². The molecule has 1 aromatic rings. The van der Waals surface area contributed by atoms with E-state index >= 15 is 0 Å². The molecule has 1 aromatic carbocycles. The van der Waals surface area contributed by atoms with Crippen LogP contribution >= 0.6 is 0 Å². The number of nitro groups is 1. The first-order valence-corrected chi connectivity index (χ1v) is 8.33. The van der Waals surface area contributed by atoms with E-state index in [-0.39, 0.29) is 17.8 Å². The van der Waals surface area contributed by atoms with Gasteiger partial charge in [0.25, 0.3) is 5.69 Å². The molecule has 2 unspecified atom stereocenters. The molecule has 1 saturated heterocycles. The Bertz CT molecular complexity index is 620. The number of likely N-dealkylation sites (tertiary alicyclic amines) is 1. The highest BCUT2D eigenvalue weighted by Gasteiger charge is 2.30. The Hall–Kier alpha value is -2.15. The lowest BCUT2D eigenvalue weighted by Gasteiger charge is -2.39. The van der Waals surface area contributed by atoms with Crippen molar-refractivity contribution in [2.45, 2.75) is 32.7 Å². The number of nitrogens with one attached hydrogen (secondary N) is 1. The zero-order chi connectivity index (χ0) is 17.9. The summed E-state index contributed by atoms with van der Waals surface area (Å²) in [6, 6.07) is 4.80. The highest BCUT2D eigenvalue weighted by molar-refractivity contribution is 5.89. The second-order valence-electron chi connectivity index (χ2n) is 6.59. The molecular formula is C17H26N4O3. The molecule has 0 saturated carbocycles. The standard InChI is InChI=1S/C17H26N4O3/c1-5-13-6-7-14(10-16(13)21(23)24)18-17(22)20(4)15-8-9-19(3)11-12(15)2/h6-7,10,12,15H,5,8-9,11H2,1-4H3,(H,18,22). The molecule has 1 aliphatic heterocycles. The van der Waals surface area contributed by atoms with E-state index in [1.807, 2.05) is 6.92 Å². The zero-order valence-electron chi connectivity index (χ0n) is 14.8. The average molecular weight is 334 g/mol. The molecular weight excluding hydrogens is 308 g/mol. The summed E-state index contributed by atoms with van der Waals surface area (Å²) in [4.78, 5) is 27.2. The van der Waals surface area contributed by atoms with Crippen LogP contribution in [0.1, 0.15) is 25.8 Å². The van der Waals surface area contributed by atoms with Crippen LogP contribution in [0.25, 0.3) is 0 Å². The molecule has 1 aliphatic rings. The highest BCUT2D eigenvalue weighted by atomic mass is 16.6. The number of hydrogen-bond acceptors (Lipinski definition) is 4. The predicted molar refractivity (Wildman–Crippen MR) is 94.3 cm³/mol. The van der Waals surface area contributed by atoms with E-state index in [2.05, 4.69) is 24.2 Å². The van der Waals surface area contributed by atoms with Crippen LogP contribution in [-0.2, 0) is 6.42 Å². The van der Waals surface area contributed by atoms with Crippen molar-refractivity contribution in [3.8, 4) is 0 Å². The van der Waals surface area contributed by atoms with Gasteiger partial charge in [0.1, 0.15) is 0 Å². The summed E-state index contributed by atoms with van der Waals surface area (Å²) in [5.74, 6) is 0.385. The number of piperidine rings is 1. The van der Waals surface area contributed by atoms with Crippen molar-refractivity contribution in [2.24, 2.45) is 5.92 Å². The van der Waals surface area contributed by atoms with Gasteiger partial charge in [0, 0.05) is 37.0 Å². The van der Waals surface area contributed by atoms with Crippen LogP contribution in [0.2, 0.25) is 0 Å². The number of carbonyl (C=O) groups is 1. The smallest absolute Gasteiger partial charge is 0.321 e. The maximum atomic E-state index is 12.5. The number of aryl methyl sites for hydroxylation is 1. The molecule has 2 atom stereocenters. The minimum absolute atomic E-state index is 0.0469. The predicted octanol–water partition coefficient (Wildman–Crippen LogP) is 2.96. The van der Waals surface area contributed by atoms with Crippen LogP contribution < -0.4 is 5.32 Å². The van der Waals surface area contributed by atoms with Crippen LogP contribution in [0.4, 0.5) is 16.2 Å². The Balaban J connectivity index is 2.09. The third-order valence-electron chi connectivity index (χ3n) is 4.80. The van der Waals surface area contributed by atoms with Crippen molar-refractivity contribution in [1.82, 2.24) is 9.80 Å². The Morgan fingerprint density at radius 2 is 2.21 bits per heavy atom. The maximum Gasteiger partial charge on any atom is 0.321 e. The molecule has 2 rings (SSSR count). The third-order valence-corrected chi connectivity index (χ3v) is 4.80. The van der Waals surface area contributed by atoms with Gasteiger partial charge in [-0.1, -0.05) is 19.9 Å². The van der Waals surface area contributed by atoms with E-state index < -0.39 is 4.92 Å². The quantitative estimate of drug-likeness (QED) is 0.678. The normalized spacial score (nSPS) is 21.3. The van der Waals surface area contributed by atoms with Gasteiger partial charge in [-0.3, -0.25) is 10.1 Å². The molecule has 1 heterocycles. The Morgan fingerprint density at radius 1 is 1.50 bits per heavy atom. The topological polar surface area (TPSA) is 78.7 Å². The number of anilines is 1. The first-order chi connectivity index (χ1) is 11.3. The Morgan fingerprint density at radius 3 is 2.79 bits per heavy atom. The summed E-state index contributed by atoms with van der Waals surface area (Å²) in [5, 5.41) is 13.9. The van der Waals surface area contributed by atoms with E-state index in [1.165, 1.54) is 6.07 Å². The summed E-state index contributed by atoms with van der Waals surface area (Å²) in [6.07, 6.45) is 1.51. The summed E-state index contributed by atoms with van der Waals surface area (Å²) < 4.78 is 0. The largest absolute Gasteiger partial charge is 0.324 e. The molecule has 7 heteroatoms.